The first kappa shape index (κ1) is 20.9. The predicted molar refractivity (Wildman–Crippen MR) is 92.5 cm³/mol. The molecular formula is C18H28N2O3. The van der Waals surface area contributed by atoms with Gasteiger partial charge in [-0.25, -0.2) is 0 Å². The number of hydrogen-bond donors (Lipinski definition) is 1. The highest BCUT2D eigenvalue weighted by Crippen LogP contribution is 2.21. The topological polar surface area (TPSA) is 69.2 Å². The van der Waals surface area contributed by atoms with Crippen LogP contribution in [0, 0.1) is 5.41 Å². The zero-order valence-electron chi connectivity index (χ0n) is 15.1. The number of nitrogens with zero attached hydrogens (tertiary/aromatic N) is 1. The molecule has 0 aliphatic heterocycles. The zero-order valence-corrected chi connectivity index (χ0v) is 15.1. The molecule has 128 valence electrons. The molecule has 0 saturated heterocycles. The lowest BCUT2D eigenvalue weighted by molar-refractivity contribution is -0.849. The van der Waals surface area contributed by atoms with E-state index in [2.05, 4.69) is 33.5 Å². The molecule has 1 amide bonds. The van der Waals surface area contributed by atoms with Gasteiger partial charge in [0.2, 0.25) is 5.91 Å². The minimum atomic E-state index is -1.27. The number of carbonyl (C=O) groups is 2. The molecule has 0 unspecified atom stereocenters. The number of nitrogens with one attached hydrogen (secondary N) is 1. The van der Waals surface area contributed by atoms with Crippen LogP contribution >= 0.6 is 0 Å². The third-order valence-electron chi connectivity index (χ3n) is 2.29. The Bertz CT molecular complexity index is 558. The van der Waals surface area contributed by atoms with E-state index >= 15 is 0 Å². The van der Waals surface area contributed by atoms with Gasteiger partial charge in [0.25, 0.3) is 0 Å². The van der Waals surface area contributed by atoms with E-state index in [-0.39, 0.29) is 5.91 Å². The second kappa shape index (κ2) is 8.48. The summed E-state index contributed by atoms with van der Waals surface area (Å²) in [5.74, 6) is -1.40. The number of quaternary nitrogens is 1. The number of benzene rings is 1. The maximum Gasteiger partial charge on any atom is 0.229 e. The highest BCUT2D eigenvalue weighted by atomic mass is 16.4. The van der Waals surface area contributed by atoms with Gasteiger partial charge in [0.1, 0.15) is 0 Å². The summed E-state index contributed by atoms with van der Waals surface area (Å²) in [5.41, 5.74) is 0.694. The van der Waals surface area contributed by atoms with E-state index < -0.39 is 11.4 Å². The average Bonchev–Trinajstić information content (AvgIpc) is 2.34. The van der Waals surface area contributed by atoms with E-state index in [1.54, 1.807) is 24.3 Å². The molecule has 0 saturated carbocycles. The number of carboxylic acid groups (broad SMARTS) is 1. The van der Waals surface area contributed by atoms with Gasteiger partial charge < -0.3 is 19.7 Å². The fourth-order valence-electron chi connectivity index (χ4n) is 1.22. The van der Waals surface area contributed by atoms with Crippen LogP contribution in [0.2, 0.25) is 0 Å². The molecule has 0 radical (unpaired) electrons. The number of rotatable bonds is 3. The first-order chi connectivity index (χ1) is 10.3. The van der Waals surface area contributed by atoms with E-state index in [0.717, 1.165) is 10.6 Å². The van der Waals surface area contributed by atoms with Crippen LogP contribution in [0.1, 0.15) is 26.3 Å². The Morgan fingerprint density at radius 2 is 1.57 bits per heavy atom. The normalized spacial score (nSPS) is 11.6. The number of amides is 1. The van der Waals surface area contributed by atoms with Crippen LogP contribution in [-0.2, 0) is 9.59 Å². The maximum atomic E-state index is 11.9. The monoisotopic (exact) mass is 320 g/mol. The summed E-state index contributed by atoms with van der Waals surface area (Å²) in [6.07, 6.45) is 2.33. The fraction of sp³-hybridized carbons (Fsp3) is 0.444. The molecule has 0 fully saturated rings. The number of hydrogen-bond acceptors (Lipinski definition) is 3. The zero-order chi connectivity index (χ0) is 18.3. The Labute approximate surface area is 139 Å². The van der Waals surface area contributed by atoms with E-state index in [4.69, 9.17) is 0 Å². The second-order valence-electron chi connectivity index (χ2n) is 7.63. The predicted octanol–water partition coefficient (Wildman–Crippen LogP) is 1.76. The van der Waals surface area contributed by atoms with Crippen molar-refractivity contribution in [3.05, 3.63) is 35.9 Å². The summed E-state index contributed by atoms with van der Waals surface area (Å²) >= 11 is 0. The van der Waals surface area contributed by atoms with Crippen molar-refractivity contribution in [1.82, 2.24) is 0 Å². The first-order valence-electron chi connectivity index (χ1n) is 7.39. The number of carbonyl (C=O) groups excluding carboxylic acids is 2. The lowest BCUT2D eigenvalue weighted by atomic mass is 9.95. The highest BCUT2D eigenvalue weighted by molar-refractivity contribution is 5.97. The summed E-state index contributed by atoms with van der Waals surface area (Å²) in [5, 5.41) is 13.2. The summed E-state index contributed by atoms with van der Waals surface area (Å²) in [6, 6.07) is 6.98. The van der Waals surface area contributed by atoms with E-state index in [9.17, 15) is 14.7 Å². The molecular weight excluding hydrogens is 292 g/mol. The van der Waals surface area contributed by atoms with Gasteiger partial charge in [0.15, 0.2) is 0 Å². The molecule has 23 heavy (non-hydrogen) atoms. The van der Waals surface area contributed by atoms with Crippen molar-refractivity contribution in [3.63, 3.8) is 0 Å². The number of para-hydroxylation sites is 1. The Morgan fingerprint density at radius 3 is 2.00 bits per heavy atom. The summed E-state index contributed by atoms with van der Waals surface area (Å²) in [4.78, 5) is 22.2. The van der Waals surface area contributed by atoms with Crippen molar-refractivity contribution in [1.29, 1.82) is 0 Å². The van der Waals surface area contributed by atoms with Gasteiger partial charge in [-0.15, -0.1) is 0 Å². The Balaban J connectivity index is 0.000000841. The molecule has 1 rings (SSSR count). The Hall–Kier alpha value is -2.14. The van der Waals surface area contributed by atoms with Crippen LogP contribution in [-0.4, -0.2) is 44.6 Å². The van der Waals surface area contributed by atoms with Crippen molar-refractivity contribution >= 4 is 23.6 Å². The number of aliphatic carboxylic acids is 1. The van der Waals surface area contributed by atoms with Crippen LogP contribution in [0.25, 0.3) is 6.08 Å². The lowest BCUT2D eigenvalue weighted by Crippen LogP contribution is -2.27. The van der Waals surface area contributed by atoms with Gasteiger partial charge in [-0.05, 0) is 17.7 Å². The van der Waals surface area contributed by atoms with Crippen molar-refractivity contribution in [2.75, 3.05) is 33.5 Å². The van der Waals surface area contributed by atoms with Crippen LogP contribution in [0.4, 0.5) is 5.69 Å². The van der Waals surface area contributed by atoms with Gasteiger partial charge in [-0.3, -0.25) is 4.79 Å². The van der Waals surface area contributed by atoms with Crippen LogP contribution < -0.4 is 10.4 Å². The molecule has 0 bridgehead atoms. The SMILES string of the molecule is CC(C)(C)C(=O)Nc1ccccc1/C=C\C(=O)[O-].C[N+](C)(C)C. The van der Waals surface area contributed by atoms with Crippen LogP contribution in [0.3, 0.4) is 0 Å². The lowest BCUT2D eigenvalue weighted by Gasteiger charge is -2.18. The van der Waals surface area contributed by atoms with Gasteiger partial charge >= 0.3 is 0 Å². The van der Waals surface area contributed by atoms with Crippen LogP contribution in [0.5, 0.6) is 0 Å². The van der Waals surface area contributed by atoms with Crippen molar-refractivity contribution in [2.45, 2.75) is 20.8 Å². The molecule has 0 spiro atoms. The number of anilines is 1. The van der Waals surface area contributed by atoms with Crippen LogP contribution in [0.15, 0.2) is 30.3 Å². The summed E-state index contributed by atoms with van der Waals surface area (Å²) in [7, 11) is 8.50. The number of carboxylic acids is 1. The van der Waals surface area contributed by atoms with Gasteiger partial charge in [0.05, 0.1) is 34.2 Å². The smallest absolute Gasteiger partial charge is 0.229 e. The minimum Gasteiger partial charge on any atom is -0.545 e. The molecule has 1 N–H and O–H groups in total. The largest absolute Gasteiger partial charge is 0.545 e. The molecule has 0 atom stereocenters. The minimum absolute atomic E-state index is 0.128. The maximum absolute atomic E-state index is 11.9. The van der Waals surface area contributed by atoms with Gasteiger partial charge in [-0.2, -0.15) is 0 Å². The molecule has 0 aromatic heterocycles. The summed E-state index contributed by atoms with van der Waals surface area (Å²) in [6.45, 7) is 5.42. The standard InChI is InChI=1S/C14H17NO3.C4H12N/c1-14(2,3)13(18)15-11-7-5-4-6-10(11)8-9-12(16)17;1-5(2,3)4/h4-9H,1-3H3,(H,15,18)(H,16,17);1-4H3/q;+1/p-1/b9-8-;. The molecule has 0 heterocycles. The van der Waals surface area contributed by atoms with Crippen molar-refractivity contribution in [3.8, 4) is 0 Å². The fourth-order valence-corrected chi connectivity index (χ4v) is 1.22. The first-order valence-corrected chi connectivity index (χ1v) is 7.39. The quantitative estimate of drug-likeness (QED) is 0.681. The van der Waals surface area contributed by atoms with Crippen molar-refractivity contribution < 1.29 is 19.2 Å². The molecule has 5 heteroatoms. The summed E-state index contributed by atoms with van der Waals surface area (Å²) < 4.78 is 1.00. The molecule has 1 aromatic rings. The highest BCUT2D eigenvalue weighted by Gasteiger charge is 2.21. The van der Waals surface area contributed by atoms with Gasteiger partial charge in [0, 0.05) is 11.1 Å². The van der Waals surface area contributed by atoms with E-state index in [1.807, 2.05) is 20.8 Å². The Morgan fingerprint density at radius 1 is 1.09 bits per heavy atom. The van der Waals surface area contributed by atoms with E-state index in [0.29, 0.717) is 11.3 Å². The van der Waals surface area contributed by atoms with Gasteiger partial charge in [-0.1, -0.05) is 45.0 Å². The average molecular weight is 320 g/mol. The van der Waals surface area contributed by atoms with E-state index in [1.165, 1.54) is 6.08 Å². The van der Waals surface area contributed by atoms with Crippen molar-refractivity contribution in [2.24, 2.45) is 5.41 Å². The Kier molecular flexibility index (Phi) is 7.69. The molecule has 1 aromatic carbocycles. The molecule has 5 nitrogen and oxygen atoms in total. The third-order valence-corrected chi connectivity index (χ3v) is 2.29. The second-order valence-corrected chi connectivity index (χ2v) is 7.63. The molecule has 0 aliphatic rings. The third kappa shape index (κ3) is 11.1. The molecule has 0 aliphatic carbocycles.